The molecule has 0 heterocycles. The predicted molar refractivity (Wildman–Crippen MR) is 128 cm³/mol. The number of rotatable bonds is 9. The zero-order chi connectivity index (χ0) is 24.2. The molecule has 3 rings (SSSR count). The molecule has 0 saturated carbocycles. The molecule has 9 heteroatoms. The number of primary amides is 1. The van der Waals surface area contributed by atoms with Crippen molar-refractivity contribution in [3.05, 3.63) is 77.9 Å². The summed E-state index contributed by atoms with van der Waals surface area (Å²) in [5.74, 6) is -0.756. The van der Waals surface area contributed by atoms with Gasteiger partial charge in [-0.1, -0.05) is 30.3 Å². The van der Waals surface area contributed by atoms with E-state index in [9.17, 15) is 18.3 Å². The topological polar surface area (TPSA) is 131 Å². The van der Waals surface area contributed by atoms with Crippen molar-refractivity contribution in [3.63, 3.8) is 0 Å². The van der Waals surface area contributed by atoms with E-state index in [1.807, 2.05) is 51.1 Å². The molecule has 3 aromatic rings. The lowest BCUT2D eigenvalue weighted by molar-refractivity contribution is 0.0997. The second-order valence-electron chi connectivity index (χ2n) is 7.80. The van der Waals surface area contributed by atoms with Gasteiger partial charge in [0.2, 0.25) is 0 Å². The van der Waals surface area contributed by atoms with Gasteiger partial charge < -0.3 is 20.9 Å². The van der Waals surface area contributed by atoms with Crippen LogP contribution >= 0.6 is 0 Å². The van der Waals surface area contributed by atoms with Gasteiger partial charge in [0.1, 0.15) is 16.4 Å². The number of ether oxygens (including phenoxy) is 1. The molecule has 0 aliphatic heterocycles. The molecule has 33 heavy (non-hydrogen) atoms. The SMILES string of the molecule is CC(C)Oc1ccc(NS(=O)(=O)c2cc(C(N)=O)c(O)cc2N[C@@H](C)c2ccccc2)cc1. The molecule has 0 aliphatic rings. The summed E-state index contributed by atoms with van der Waals surface area (Å²) in [5, 5.41) is 13.4. The summed E-state index contributed by atoms with van der Waals surface area (Å²) < 4.78 is 34.6. The maximum atomic E-state index is 13.3. The highest BCUT2D eigenvalue weighted by Crippen LogP contribution is 2.33. The molecule has 8 nitrogen and oxygen atoms in total. The first-order chi connectivity index (χ1) is 15.6. The molecule has 0 aliphatic carbocycles. The summed E-state index contributed by atoms with van der Waals surface area (Å²) in [6.07, 6.45) is -0.0167. The van der Waals surface area contributed by atoms with Crippen LogP contribution in [0, 0.1) is 0 Å². The third kappa shape index (κ3) is 5.95. The minimum Gasteiger partial charge on any atom is -0.507 e. The molecule has 5 N–H and O–H groups in total. The van der Waals surface area contributed by atoms with Crippen LogP contribution in [0.25, 0.3) is 0 Å². The quantitative estimate of drug-likeness (QED) is 0.371. The van der Waals surface area contributed by atoms with Crippen molar-refractivity contribution >= 4 is 27.3 Å². The number of hydrogen-bond donors (Lipinski definition) is 4. The third-order valence-electron chi connectivity index (χ3n) is 4.80. The van der Waals surface area contributed by atoms with Crippen molar-refractivity contribution in [1.82, 2.24) is 0 Å². The van der Waals surface area contributed by atoms with Gasteiger partial charge in [-0.15, -0.1) is 0 Å². The van der Waals surface area contributed by atoms with Crippen LogP contribution in [0.3, 0.4) is 0 Å². The molecule has 3 aromatic carbocycles. The molecule has 0 fully saturated rings. The second-order valence-corrected chi connectivity index (χ2v) is 9.45. The highest BCUT2D eigenvalue weighted by molar-refractivity contribution is 7.92. The number of amides is 1. The van der Waals surface area contributed by atoms with Crippen molar-refractivity contribution in [2.24, 2.45) is 5.73 Å². The lowest BCUT2D eigenvalue weighted by atomic mass is 10.1. The minimum atomic E-state index is -4.15. The molecule has 1 amide bonds. The van der Waals surface area contributed by atoms with E-state index in [1.165, 1.54) is 6.07 Å². The van der Waals surface area contributed by atoms with E-state index in [0.717, 1.165) is 11.6 Å². The van der Waals surface area contributed by atoms with Crippen molar-refractivity contribution in [2.45, 2.75) is 37.8 Å². The van der Waals surface area contributed by atoms with Crippen LogP contribution < -0.4 is 20.5 Å². The van der Waals surface area contributed by atoms with Crippen molar-refractivity contribution in [2.75, 3.05) is 10.0 Å². The van der Waals surface area contributed by atoms with Gasteiger partial charge >= 0.3 is 0 Å². The Bertz CT molecular complexity index is 1230. The monoisotopic (exact) mass is 469 g/mol. The van der Waals surface area contributed by atoms with Crippen LogP contribution in [0.15, 0.2) is 71.6 Å². The normalized spacial score (nSPS) is 12.2. The fourth-order valence-electron chi connectivity index (χ4n) is 3.24. The number of nitrogens with one attached hydrogen (secondary N) is 2. The van der Waals surface area contributed by atoms with Crippen LogP contribution in [0.2, 0.25) is 0 Å². The average Bonchev–Trinajstić information content (AvgIpc) is 2.75. The lowest BCUT2D eigenvalue weighted by Gasteiger charge is -2.20. The smallest absolute Gasteiger partial charge is 0.263 e. The van der Waals surface area contributed by atoms with Crippen LogP contribution in [-0.4, -0.2) is 25.5 Å². The fraction of sp³-hybridized carbons (Fsp3) is 0.208. The summed E-state index contributed by atoms with van der Waals surface area (Å²) in [5.41, 5.74) is 6.38. The van der Waals surface area contributed by atoms with Gasteiger partial charge in [0, 0.05) is 17.8 Å². The molecular weight excluding hydrogens is 442 g/mol. The number of hydrogen-bond acceptors (Lipinski definition) is 6. The van der Waals surface area contributed by atoms with Crippen LogP contribution in [-0.2, 0) is 10.0 Å². The van der Waals surface area contributed by atoms with Gasteiger partial charge in [-0.25, -0.2) is 8.42 Å². The van der Waals surface area contributed by atoms with E-state index < -0.39 is 21.7 Å². The summed E-state index contributed by atoms with van der Waals surface area (Å²) in [6.45, 7) is 5.64. The Kier molecular flexibility index (Phi) is 7.13. The Morgan fingerprint density at radius 3 is 2.21 bits per heavy atom. The molecule has 174 valence electrons. The number of nitrogens with two attached hydrogens (primary N) is 1. The van der Waals surface area contributed by atoms with Crippen LogP contribution in [0.1, 0.15) is 42.7 Å². The summed E-state index contributed by atoms with van der Waals surface area (Å²) in [4.78, 5) is 11.5. The molecule has 0 spiro atoms. The van der Waals surface area contributed by atoms with E-state index in [4.69, 9.17) is 10.5 Å². The number of phenols is 1. The number of anilines is 2. The molecule has 0 bridgehead atoms. The van der Waals surface area contributed by atoms with E-state index in [1.54, 1.807) is 24.3 Å². The summed E-state index contributed by atoms with van der Waals surface area (Å²) in [7, 11) is -4.15. The van der Waals surface area contributed by atoms with Crippen molar-refractivity contribution in [1.29, 1.82) is 0 Å². The fourth-order valence-corrected chi connectivity index (χ4v) is 4.48. The van der Waals surface area contributed by atoms with E-state index in [0.29, 0.717) is 11.4 Å². The predicted octanol–water partition coefficient (Wildman–Crippen LogP) is 4.25. The molecule has 1 atom stereocenters. The first-order valence-electron chi connectivity index (χ1n) is 10.3. The lowest BCUT2D eigenvalue weighted by Crippen LogP contribution is -2.19. The second kappa shape index (κ2) is 9.83. The highest BCUT2D eigenvalue weighted by atomic mass is 32.2. The molecule has 0 saturated heterocycles. The molecule has 0 unspecified atom stereocenters. The first kappa shape index (κ1) is 23.9. The van der Waals surface area contributed by atoms with Gasteiger partial charge in [0.25, 0.3) is 15.9 Å². The minimum absolute atomic E-state index is 0.0167. The van der Waals surface area contributed by atoms with Gasteiger partial charge in [-0.2, -0.15) is 0 Å². The average molecular weight is 470 g/mol. The van der Waals surface area contributed by atoms with E-state index in [-0.39, 0.29) is 28.3 Å². The zero-order valence-corrected chi connectivity index (χ0v) is 19.4. The van der Waals surface area contributed by atoms with Gasteiger partial charge in [-0.05, 0) is 56.7 Å². The standard InChI is InChI=1S/C24H27N3O5S/c1-15(2)32-19-11-9-18(10-12-19)27-33(30,31)23-13-20(24(25)29)22(28)14-21(23)26-16(3)17-7-5-4-6-8-17/h4-16,26-28H,1-3H3,(H2,25,29)/t16-/m0/s1. The number of aromatic hydroxyl groups is 1. The maximum Gasteiger partial charge on any atom is 0.263 e. The Labute approximate surface area is 193 Å². The molecule has 0 aromatic heterocycles. The van der Waals surface area contributed by atoms with E-state index in [2.05, 4.69) is 10.0 Å². The van der Waals surface area contributed by atoms with Gasteiger partial charge in [0.05, 0.1) is 17.4 Å². The summed E-state index contributed by atoms with van der Waals surface area (Å²) >= 11 is 0. The number of sulfonamides is 1. The van der Waals surface area contributed by atoms with Gasteiger partial charge in [0.15, 0.2) is 0 Å². The van der Waals surface area contributed by atoms with Gasteiger partial charge in [-0.3, -0.25) is 9.52 Å². The number of carbonyl (C=O) groups is 1. The number of carbonyl (C=O) groups excluding carboxylic acids is 1. The maximum absolute atomic E-state index is 13.3. The zero-order valence-electron chi connectivity index (χ0n) is 18.6. The first-order valence-corrected chi connectivity index (χ1v) is 11.8. The van der Waals surface area contributed by atoms with Crippen molar-refractivity contribution < 1.29 is 23.1 Å². The molecular formula is C24H27N3O5S. The van der Waals surface area contributed by atoms with Crippen LogP contribution in [0.5, 0.6) is 11.5 Å². The Morgan fingerprint density at radius 1 is 1.00 bits per heavy atom. The van der Waals surface area contributed by atoms with E-state index >= 15 is 0 Å². The van der Waals surface area contributed by atoms with Crippen molar-refractivity contribution in [3.8, 4) is 11.5 Å². The highest BCUT2D eigenvalue weighted by Gasteiger charge is 2.24. The molecule has 0 radical (unpaired) electrons. The Hall–Kier alpha value is -3.72. The van der Waals surface area contributed by atoms with Crippen LogP contribution in [0.4, 0.5) is 11.4 Å². The largest absolute Gasteiger partial charge is 0.507 e. The Morgan fingerprint density at radius 2 is 1.64 bits per heavy atom. The Balaban J connectivity index is 1.97. The third-order valence-corrected chi connectivity index (χ3v) is 6.22. The summed E-state index contributed by atoms with van der Waals surface area (Å²) in [6, 6.07) is 17.8. The number of benzene rings is 3.